The molecule has 0 radical (unpaired) electrons. The smallest absolute Gasteiger partial charge is 0.201 e. The van der Waals surface area contributed by atoms with E-state index in [1.807, 2.05) is 0 Å². The van der Waals surface area contributed by atoms with Crippen molar-refractivity contribution in [2.75, 3.05) is 6.61 Å². The molecule has 0 amide bonds. The van der Waals surface area contributed by atoms with Crippen molar-refractivity contribution < 1.29 is 32.1 Å². The molecular weight excluding hydrogens is 472 g/mol. The summed E-state index contributed by atoms with van der Waals surface area (Å²) in [5.41, 5.74) is 1.77. The van der Waals surface area contributed by atoms with Gasteiger partial charge in [0.05, 0.1) is 12.7 Å². The maximum absolute atomic E-state index is 14.8. The van der Waals surface area contributed by atoms with Gasteiger partial charge in [-0.1, -0.05) is 48.5 Å². The van der Waals surface area contributed by atoms with Crippen LogP contribution < -0.4 is 9.47 Å². The molecule has 7 heteroatoms. The molecule has 0 spiro atoms. The summed E-state index contributed by atoms with van der Waals surface area (Å²) >= 11 is 0. The summed E-state index contributed by atoms with van der Waals surface area (Å²) in [4.78, 5) is 0. The average Bonchev–Trinajstić information content (AvgIpc) is 2.88. The molecule has 0 saturated carbocycles. The number of hydrogen-bond acceptors (Lipinski definition) is 3. The zero-order valence-electron chi connectivity index (χ0n) is 19.7. The Morgan fingerprint density at radius 2 is 1.22 bits per heavy atom. The number of aliphatic hydroxyl groups is 1. The van der Waals surface area contributed by atoms with Crippen LogP contribution in [0.3, 0.4) is 0 Å². The van der Waals surface area contributed by atoms with Gasteiger partial charge in [0.2, 0.25) is 5.82 Å². The highest BCUT2D eigenvalue weighted by molar-refractivity contribution is 5.66. The van der Waals surface area contributed by atoms with Crippen LogP contribution in [-0.4, -0.2) is 11.7 Å². The number of hydrogen-bond donors (Lipinski definition) is 1. The molecule has 186 valence electrons. The van der Waals surface area contributed by atoms with Crippen LogP contribution in [0, 0.1) is 23.3 Å². The number of rotatable bonds is 8. The molecule has 4 aromatic carbocycles. The third kappa shape index (κ3) is 5.21. The van der Waals surface area contributed by atoms with Crippen molar-refractivity contribution in [3.63, 3.8) is 0 Å². The van der Waals surface area contributed by atoms with Gasteiger partial charge in [0.15, 0.2) is 23.2 Å². The second-order valence-electron chi connectivity index (χ2n) is 8.18. The van der Waals surface area contributed by atoms with E-state index in [0.717, 1.165) is 0 Å². The molecule has 36 heavy (non-hydrogen) atoms. The first kappa shape index (κ1) is 25.3. The van der Waals surface area contributed by atoms with E-state index < -0.39 is 29.4 Å². The molecular formula is C29H24F4O3. The van der Waals surface area contributed by atoms with Crippen LogP contribution in [0.2, 0.25) is 0 Å². The molecule has 0 aliphatic heterocycles. The third-order valence-electron chi connectivity index (χ3n) is 5.77. The Kier molecular flexibility index (Phi) is 7.60. The zero-order valence-corrected chi connectivity index (χ0v) is 19.7. The van der Waals surface area contributed by atoms with Crippen LogP contribution in [0.25, 0.3) is 22.3 Å². The lowest BCUT2D eigenvalue weighted by Gasteiger charge is -2.12. The first-order valence-corrected chi connectivity index (χ1v) is 11.4. The first-order chi connectivity index (χ1) is 17.3. The first-order valence-electron chi connectivity index (χ1n) is 11.4. The van der Waals surface area contributed by atoms with Gasteiger partial charge < -0.3 is 14.6 Å². The Morgan fingerprint density at radius 1 is 0.667 bits per heavy atom. The lowest BCUT2D eigenvalue weighted by atomic mass is 10.00. The highest BCUT2D eigenvalue weighted by Gasteiger charge is 2.17. The van der Waals surface area contributed by atoms with Crippen molar-refractivity contribution in [3.8, 4) is 33.8 Å². The van der Waals surface area contributed by atoms with E-state index in [9.17, 15) is 22.7 Å². The SMILES string of the molecule is CCOc1ccc(-c2ccc(OCc3ccc(-c4ccc(C(C)O)cc4)c(F)c3F)cc2)c(F)c1F. The Labute approximate surface area is 206 Å². The Hall–Kier alpha value is -3.84. The summed E-state index contributed by atoms with van der Waals surface area (Å²) in [6.45, 7) is 3.29. The molecule has 0 bridgehead atoms. The second-order valence-corrected chi connectivity index (χ2v) is 8.18. The highest BCUT2D eigenvalue weighted by Crippen LogP contribution is 2.32. The Balaban J connectivity index is 1.47. The predicted molar refractivity (Wildman–Crippen MR) is 130 cm³/mol. The van der Waals surface area contributed by atoms with E-state index in [4.69, 9.17) is 9.47 Å². The lowest BCUT2D eigenvalue weighted by molar-refractivity contribution is 0.199. The number of ether oxygens (including phenoxy) is 2. The third-order valence-corrected chi connectivity index (χ3v) is 5.77. The molecule has 0 fully saturated rings. The second kappa shape index (κ2) is 10.8. The average molecular weight is 497 g/mol. The summed E-state index contributed by atoms with van der Waals surface area (Å²) in [5, 5.41) is 9.61. The normalized spacial score (nSPS) is 11.9. The van der Waals surface area contributed by atoms with E-state index in [-0.39, 0.29) is 35.7 Å². The fourth-order valence-corrected chi connectivity index (χ4v) is 3.78. The lowest BCUT2D eigenvalue weighted by Crippen LogP contribution is -2.02. The zero-order chi connectivity index (χ0) is 25.8. The fraction of sp³-hybridized carbons (Fsp3) is 0.172. The summed E-state index contributed by atoms with van der Waals surface area (Å²) < 4.78 is 68.8. The molecule has 0 heterocycles. The standard InChI is InChI=1S/C29H24F4O3/c1-3-35-25-15-14-24(28(32)29(25)33)20-8-11-22(12-9-20)36-16-21-10-13-23(27(31)26(21)30)19-6-4-18(5-7-19)17(2)34/h4-15,17,34H,3,16H2,1-2H3. The van der Waals surface area contributed by atoms with E-state index in [1.165, 1.54) is 36.4 Å². The topological polar surface area (TPSA) is 38.7 Å². The summed E-state index contributed by atoms with van der Waals surface area (Å²) in [5.74, 6) is -3.90. The minimum absolute atomic E-state index is 0.0283. The molecule has 0 aliphatic carbocycles. The van der Waals surface area contributed by atoms with Gasteiger partial charge >= 0.3 is 0 Å². The molecule has 4 rings (SSSR count). The van der Waals surface area contributed by atoms with Crippen LogP contribution >= 0.6 is 0 Å². The van der Waals surface area contributed by atoms with Crippen molar-refractivity contribution in [3.05, 3.63) is 107 Å². The van der Waals surface area contributed by atoms with Gasteiger partial charge in [0, 0.05) is 16.7 Å². The minimum atomic E-state index is -1.06. The molecule has 0 aromatic heterocycles. The van der Waals surface area contributed by atoms with Gasteiger partial charge in [0.1, 0.15) is 12.4 Å². The van der Waals surface area contributed by atoms with Crippen LogP contribution in [0.5, 0.6) is 11.5 Å². The molecule has 4 aromatic rings. The van der Waals surface area contributed by atoms with Crippen molar-refractivity contribution in [2.24, 2.45) is 0 Å². The van der Waals surface area contributed by atoms with E-state index >= 15 is 0 Å². The Morgan fingerprint density at radius 3 is 1.81 bits per heavy atom. The summed E-state index contributed by atoms with van der Waals surface area (Å²) in [6.07, 6.45) is -0.657. The maximum atomic E-state index is 14.8. The maximum Gasteiger partial charge on any atom is 0.201 e. The van der Waals surface area contributed by atoms with Gasteiger partial charge in [-0.25, -0.2) is 13.2 Å². The summed E-state index contributed by atoms with van der Waals surface area (Å²) in [6, 6.07) is 18.4. The van der Waals surface area contributed by atoms with E-state index in [0.29, 0.717) is 22.4 Å². The van der Waals surface area contributed by atoms with Crippen molar-refractivity contribution in [1.29, 1.82) is 0 Å². The van der Waals surface area contributed by atoms with Crippen molar-refractivity contribution >= 4 is 0 Å². The number of benzene rings is 4. The molecule has 3 nitrogen and oxygen atoms in total. The monoisotopic (exact) mass is 496 g/mol. The van der Waals surface area contributed by atoms with Crippen molar-refractivity contribution in [2.45, 2.75) is 26.6 Å². The van der Waals surface area contributed by atoms with Gasteiger partial charge in [-0.2, -0.15) is 4.39 Å². The van der Waals surface area contributed by atoms with Gasteiger partial charge in [-0.05, 0) is 54.8 Å². The van der Waals surface area contributed by atoms with E-state index in [1.54, 1.807) is 50.2 Å². The fourth-order valence-electron chi connectivity index (χ4n) is 3.78. The largest absolute Gasteiger partial charge is 0.491 e. The number of halogens is 4. The predicted octanol–water partition coefficient (Wildman–Crippen LogP) is 7.61. The van der Waals surface area contributed by atoms with Crippen LogP contribution in [0.4, 0.5) is 17.6 Å². The van der Waals surface area contributed by atoms with Crippen LogP contribution in [0.1, 0.15) is 31.1 Å². The van der Waals surface area contributed by atoms with Gasteiger partial charge in [-0.15, -0.1) is 0 Å². The van der Waals surface area contributed by atoms with E-state index in [2.05, 4.69) is 0 Å². The molecule has 1 atom stereocenters. The van der Waals surface area contributed by atoms with Gasteiger partial charge in [-0.3, -0.25) is 0 Å². The molecule has 1 unspecified atom stereocenters. The van der Waals surface area contributed by atoms with Crippen molar-refractivity contribution in [1.82, 2.24) is 0 Å². The van der Waals surface area contributed by atoms with Crippen LogP contribution in [-0.2, 0) is 6.61 Å². The molecule has 1 N–H and O–H groups in total. The minimum Gasteiger partial charge on any atom is -0.491 e. The number of aliphatic hydroxyl groups excluding tert-OH is 1. The van der Waals surface area contributed by atoms with Crippen LogP contribution in [0.15, 0.2) is 72.8 Å². The Bertz CT molecular complexity index is 1350. The molecule has 0 aliphatic rings. The highest BCUT2D eigenvalue weighted by atomic mass is 19.2. The summed E-state index contributed by atoms with van der Waals surface area (Å²) in [7, 11) is 0. The molecule has 0 saturated heterocycles. The quantitative estimate of drug-likeness (QED) is 0.255. The van der Waals surface area contributed by atoms with Gasteiger partial charge in [0.25, 0.3) is 0 Å².